The zero-order valence-electron chi connectivity index (χ0n) is 18.5. The van der Waals surface area contributed by atoms with Crippen LogP contribution in [0.15, 0.2) is 42.5 Å². The number of rotatable bonds is 9. The molecule has 0 saturated heterocycles. The number of para-hydroxylation sites is 2. The minimum Gasteiger partial charge on any atom is -0.356 e. The summed E-state index contributed by atoms with van der Waals surface area (Å²) < 4.78 is 16.5. The van der Waals surface area contributed by atoms with Crippen LogP contribution in [0.3, 0.4) is 0 Å². The van der Waals surface area contributed by atoms with Crippen molar-refractivity contribution in [2.75, 3.05) is 6.54 Å². The number of carbonyl (C=O) groups is 1. The number of hydrogen-bond acceptors (Lipinski definition) is 2. The van der Waals surface area contributed by atoms with Gasteiger partial charge in [-0.05, 0) is 49.9 Å². The van der Waals surface area contributed by atoms with Gasteiger partial charge in [0.15, 0.2) is 0 Å². The average molecular weight is 456 g/mol. The molecule has 1 aliphatic rings. The Kier molecular flexibility index (Phi) is 7.80. The number of imidazole rings is 1. The molecule has 2 aromatic carbocycles. The first-order valence-electron chi connectivity index (χ1n) is 11.8. The lowest BCUT2D eigenvalue weighted by Gasteiger charge is -2.20. The van der Waals surface area contributed by atoms with Crippen molar-refractivity contribution in [3.8, 4) is 0 Å². The Hall–Kier alpha value is -2.40. The number of aromatic nitrogens is 2. The lowest BCUT2D eigenvalue weighted by atomic mass is 9.89. The Morgan fingerprint density at radius 1 is 1.06 bits per heavy atom. The predicted octanol–water partition coefficient (Wildman–Crippen LogP) is 6.29. The fourth-order valence-electron chi connectivity index (χ4n) is 4.64. The van der Waals surface area contributed by atoms with Gasteiger partial charge in [0.1, 0.15) is 11.6 Å². The van der Waals surface area contributed by atoms with Crippen LogP contribution in [0, 0.1) is 11.7 Å². The van der Waals surface area contributed by atoms with E-state index in [1.807, 2.05) is 24.3 Å². The number of unbranched alkanes of at least 4 members (excludes halogenated alkanes) is 2. The first-order chi connectivity index (χ1) is 15.6. The summed E-state index contributed by atoms with van der Waals surface area (Å²) in [6.45, 7) is 1.09. The minimum absolute atomic E-state index is 0.217. The summed E-state index contributed by atoms with van der Waals surface area (Å²) in [7, 11) is 0. The number of benzene rings is 2. The van der Waals surface area contributed by atoms with Crippen molar-refractivity contribution in [2.45, 2.75) is 64.3 Å². The van der Waals surface area contributed by atoms with E-state index in [-0.39, 0.29) is 17.6 Å². The SMILES string of the molecule is O=C(NCCCCCc1nc2ccccc2n1Cc1c(F)cccc1Cl)C1CCCCC1. The topological polar surface area (TPSA) is 46.9 Å². The van der Waals surface area contributed by atoms with Gasteiger partial charge in [0.2, 0.25) is 5.91 Å². The lowest BCUT2D eigenvalue weighted by molar-refractivity contribution is -0.125. The van der Waals surface area contributed by atoms with E-state index in [2.05, 4.69) is 9.88 Å². The van der Waals surface area contributed by atoms with Crippen LogP contribution in [-0.4, -0.2) is 22.0 Å². The summed E-state index contributed by atoms with van der Waals surface area (Å²) in [6.07, 6.45) is 9.42. The van der Waals surface area contributed by atoms with Gasteiger partial charge in [0.25, 0.3) is 0 Å². The predicted molar refractivity (Wildman–Crippen MR) is 127 cm³/mol. The Morgan fingerprint density at radius 2 is 1.88 bits per heavy atom. The number of fused-ring (bicyclic) bond motifs is 1. The van der Waals surface area contributed by atoms with Gasteiger partial charge >= 0.3 is 0 Å². The van der Waals surface area contributed by atoms with Crippen LogP contribution in [0.2, 0.25) is 5.02 Å². The molecule has 3 aromatic rings. The summed E-state index contributed by atoms with van der Waals surface area (Å²) in [5.41, 5.74) is 2.39. The van der Waals surface area contributed by atoms with E-state index < -0.39 is 0 Å². The maximum atomic E-state index is 14.4. The molecule has 32 heavy (non-hydrogen) atoms. The Balaban J connectivity index is 1.34. The second-order valence-corrected chi connectivity index (χ2v) is 9.15. The van der Waals surface area contributed by atoms with Gasteiger partial charge in [-0.25, -0.2) is 9.37 Å². The molecule has 0 bridgehead atoms. The Morgan fingerprint density at radius 3 is 2.69 bits per heavy atom. The third-order valence-corrected chi connectivity index (χ3v) is 6.82. The first-order valence-corrected chi connectivity index (χ1v) is 12.2. The summed E-state index contributed by atoms with van der Waals surface area (Å²) in [4.78, 5) is 17.1. The van der Waals surface area contributed by atoms with Crippen molar-refractivity contribution in [2.24, 2.45) is 5.92 Å². The number of halogens is 2. The van der Waals surface area contributed by atoms with Crippen molar-refractivity contribution in [3.63, 3.8) is 0 Å². The van der Waals surface area contributed by atoms with E-state index in [1.54, 1.807) is 12.1 Å². The molecule has 0 atom stereocenters. The van der Waals surface area contributed by atoms with E-state index >= 15 is 0 Å². The van der Waals surface area contributed by atoms with Crippen LogP contribution in [-0.2, 0) is 17.8 Å². The molecule has 0 aliphatic heterocycles. The van der Waals surface area contributed by atoms with E-state index in [1.165, 1.54) is 25.3 Å². The minimum atomic E-state index is -0.296. The maximum absolute atomic E-state index is 14.4. The monoisotopic (exact) mass is 455 g/mol. The Labute approximate surface area is 194 Å². The fourth-order valence-corrected chi connectivity index (χ4v) is 4.86. The van der Waals surface area contributed by atoms with Crippen LogP contribution in [0.1, 0.15) is 62.8 Å². The van der Waals surface area contributed by atoms with Crippen molar-refractivity contribution in [3.05, 3.63) is 64.7 Å². The summed E-state index contributed by atoms with van der Waals surface area (Å²) in [5.74, 6) is 1.09. The summed E-state index contributed by atoms with van der Waals surface area (Å²) >= 11 is 6.28. The molecule has 1 aliphatic carbocycles. The van der Waals surface area contributed by atoms with Crippen LogP contribution in [0.5, 0.6) is 0 Å². The van der Waals surface area contributed by atoms with Crippen LogP contribution < -0.4 is 5.32 Å². The molecule has 4 nitrogen and oxygen atoms in total. The molecule has 0 radical (unpaired) electrons. The van der Waals surface area contributed by atoms with E-state index in [0.717, 1.165) is 61.9 Å². The highest BCUT2D eigenvalue weighted by atomic mass is 35.5. The highest BCUT2D eigenvalue weighted by Gasteiger charge is 2.20. The van der Waals surface area contributed by atoms with Crippen LogP contribution in [0.25, 0.3) is 11.0 Å². The highest BCUT2D eigenvalue weighted by molar-refractivity contribution is 6.31. The standard InChI is InChI=1S/C26H31ClFN3O/c27-21-12-9-13-22(28)20(21)18-31-24-15-7-6-14-23(24)30-25(31)16-5-2-8-17-29-26(32)19-10-3-1-4-11-19/h6-7,9,12-15,19H,1-5,8,10-11,16-18H2,(H,29,32). The van der Waals surface area contributed by atoms with Gasteiger partial charge in [-0.15, -0.1) is 0 Å². The quantitative estimate of drug-likeness (QED) is 0.385. The second kappa shape index (κ2) is 11.0. The highest BCUT2D eigenvalue weighted by Crippen LogP contribution is 2.25. The zero-order valence-corrected chi connectivity index (χ0v) is 19.2. The summed E-state index contributed by atoms with van der Waals surface area (Å²) in [5, 5.41) is 3.55. The average Bonchev–Trinajstić information content (AvgIpc) is 3.16. The van der Waals surface area contributed by atoms with Gasteiger partial charge < -0.3 is 9.88 Å². The Bertz CT molecular complexity index is 1040. The molecule has 6 heteroatoms. The van der Waals surface area contributed by atoms with E-state index in [4.69, 9.17) is 16.6 Å². The van der Waals surface area contributed by atoms with Gasteiger partial charge in [-0.1, -0.05) is 55.5 Å². The molecule has 1 fully saturated rings. The van der Waals surface area contributed by atoms with Crippen LogP contribution in [0.4, 0.5) is 4.39 Å². The lowest BCUT2D eigenvalue weighted by Crippen LogP contribution is -2.32. The molecule has 1 saturated carbocycles. The van der Waals surface area contributed by atoms with Gasteiger partial charge in [-0.2, -0.15) is 0 Å². The van der Waals surface area contributed by atoms with Crippen LogP contribution >= 0.6 is 11.6 Å². The molecule has 0 spiro atoms. The largest absolute Gasteiger partial charge is 0.356 e. The second-order valence-electron chi connectivity index (χ2n) is 8.74. The molecule has 1 N–H and O–H groups in total. The third kappa shape index (κ3) is 5.50. The number of carbonyl (C=O) groups excluding carboxylic acids is 1. The molecule has 1 aromatic heterocycles. The molecule has 1 heterocycles. The number of hydrogen-bond donors (Lipinski definition) is 1. The van der Waals surface area contributed by atoms with Gasteiger partial charge in [0.05, 0.1) is 17.6 Å². The molecule has 1 amide bonds. The van der Waals surface area contributed by atoms with E-state index in [0.29, 0.717) is 17.1 Å². The fraction of sp³-hybridized carbons (Fsp3) is 0.462. The number of nitrogens with one attached hydrogen (secondary N) is 1. The molecule has 170 valence electrons. The van der Waals surface area contributed by atoms with Gasteiger partial charge in [0, 0.05) is 29.5 Å². The number of amides is 1. The summed E-state index contributed by atoms with van der Waals surface area (Å²) in [6, 6.07) is 12.7. The first kappa shape index (κ1) is 22.8. The zero-order chi connectivity index (χ0) is 22.3. The third-order valence-electron chi connectivity index (χ3n) is 6.46. The number of nitrogens with zero attached hydrogens (tertiary/aromatic N) is 2. The normalized spacial score (nSPS) is 14.7. The smallest absolute Gasteiger partial charge is 0.223 e. The molecule has 0 unspecified atom stereocenters. The van der Waals surface area contributed by atoms with Crippen molar-refractivity contribution in [1.29, 1.82) is 0 Å². The molecular weight excluding hydrogens is 425 g/mol. The maximum Gasteiger partial charge on any atom is 0.223 e. The van der Waals surface area contributed by atoms with Gasteiger partial charge in [-0.3, -0.25) is 4.79 Å². The molecule has 4 rings (SSSR count). The van der Waals surface area contributed by atoms with Crippen molar-refractivity contribution < 1.29 is 9.18 Å². The van der Waals surface area contributed by atoms with E-state index in [9.17, 15) is 9.18 Å². The molecular formula is C26H31ClFN3O. The van der Waals surface area contributed by atoms with Crippen molar-refractivity contribution >= 4 is 28.5 Å². The number of aryl methyl sites for hydroxylation is 1. The van der Waals surface area contributed by atoms with Crippen molar-refractivity contribution in [1.82, 2.24) is 14.9 Å².